The Balaban J connectivity index is 3.70. The number of carbonyl (C=O) groups is 2. The van der Waals surface area contributed by atoms with Gasteiger partial charge in [-0.15, -0.1) is 0 Å². The van der Waals surface area contributed by atoms with Gasteiger partial charge in [0.1, 0.15) is 6.10 Å². The lowest BCUT2D eigenvalue weighted by molar-refractivity contribution is -0.152. The summed E-state index contributed by atoms with van der Waals surface area (Å²) in [7, 11) is 0. The zero-order valence-electron chi connectivity index (χ0n) is 9.83. The highest BCUT2D eigenvalue weighted by Crippen LogP contribution is 2.05. The first-order valence-electron chi connectivity index (χ1n) is 5.49. The molecule has 0 aliphatic rings. The molecule has 0 bridgehead atoms. The van der Waals surface area contributed by atoms with Crippen LogP contribution >= 0.6 is 15.9 Å². The zero-order chi connectivity index (χ0) is 12.4. The van der Waals surface area contributed by atoms with E-state index in [4.69, 9.17) is 9.47 Å². The van der Waals surface area contributed by atoms with E-state index in [1.807, 2.05) is 0 Å². The number of alkyl halides is 1. The van der Waals surface area contributed by atoms with Gasteiger partial charge < -0.3 is 9.47 Å². The van der Waals surface area contributed by atoms with Crippen molar-refractivity contribution in [3.63, 3.8) is 0 Å². The second-order valence-electron chi connectivity index (χ2n) is 3.52. The van der Waals surface area contributed by atoms with Gasteiger partial charge >= 0.3 is 11.9 Å². The van der Waals surface area contributed by atoms with E-state index in [0.717, 1.165) is 19.3 Å². The van der Waals surface area contributed by atoms with E-state index in [1.54, 1.807) is 0 Å². The molecule has 1 atom stereocenters. The van der Waals surface area contributed by atoms with Crippen molar-refractivity contribution in [3.05, 3.63) is 0 Å². The maximum Gasteiger partial charge on any atom is 0.309 e. The maximum absolute atomic E-state index is 11.3. The van der Waals surface area contributed by atoms with Gasteiger partial charge in [0.2, 0.25) is 0 Å². The molecular formula is C11H19BrO4. The molecule has 0 amide bonds. The van der Waals surface area contributed by atoms with Crippen LogP contribution in [0.5, 0.6) is 0 Å². The van der Waals surface area contributed by atoms with Gasteiger partial charge in [-0.2, -0.15) is 0 Å². The van der Waals surface area contributed by atoms with Crippen molar-refractivity contribution < 1.29 is 19.1 Å². The highest BCUT2D eigenvalue weighted by molar-refractivity contribution is 9.09. The van der Waals surface area contributed by atoms with Crippen LogP contribution < -0.4 is 0 Å². The lowest BCUT2D eigenvalue weighted by Gasteiger charge is -2.13. The molecule has 0 rings (SSSR count). The molecule has 0 aromatic heterocycles. The van der Waals surface area contributed by atoms with E-state index >= 15 is 0 Å². The molecule has 0 aromatic rings. The maximum atomic E-state index is 11.3. The minimum absolute atomic E-state index is 0.108. The molecule has 0 spiro atoms. The molecule has 0 aromatic carbocycles. The third-order valence-corrected chi connectivity index (χ3v) is 2.63. The zero-order valence-corrected chi connectivity index (χ0v) is 11.4. The molecule has 0 fully saturated rings. The van der Waals surface area contributed by atoms with Gasteiger partial charge in [-0.25, -0.2) is 0 Å². The number of rotatable bonds is 8. The Morgan fingerprint density at radius 2 is 2.00 bits per heavy atom. The van der Waals surface area contributed by atoms with Gasteiger partial charge in [-0.3, -0.25) is 9.59 Å². The molecule has 16 heavy (non-hydrogen) atoms. The molecule has 94 valence electrons. The Kier molecular flexibility index (Phi) is 9.28. The molecule has 0 heterocycles. The highest BCUT2D eigenvalue weighted by Gasteiger charge is 2.16. The molecule has 0 radical (unpaired) electrons. The number of ether oxygens (including phenoxy) is 2. The smallest absolute Gasteiger partial charge is 0.309 e. The average molecular weight is 295 g/mol. The third kappa shape index (κ3) is 8.71. The molecule has 5 heteroatoms. The van der Waals surface area contributed by atoms with Crippen molar-refractivity contribution >= 4 is 27.9 Å². The fraction of sp³-hybridized carbons (Fsp3) is 0.818. The van der Waals surface area contributed by atoms with Crippen LogP contribution in [-0.2, 0) is 19.1 Å². The number of hydrogen-bond donors (Lipinski definition) is 0. The SMILES string of the molecule is CCCCCOC(=O)CC(CBr)OC(C)=O. The Bertz CT molecular complexity index is 218. The lowest BCUT2D eigenvalue weighted by Crippen LogP contribution is -2.23. The highest BCUT2D eigenvalue weighted by atomic mass is 79.9. The molecule has 4 nitrogen and oxygen atoms in total. The van der Waals surface area contributed by atoms with Gasteiger partial charge in [0.25, 0.3) is 0 Å². The Morgan fingerprint density at radius 3 is 2.50 bits per heavy atom. The van der Waals surface area contributed by atoms with E-state index < -0.39 is 6.10 Å². The molecule has 0 aliphatic carbocycles. The van der Waals surface area contributed by atoms with Crippen molar-refractivity contribution in [2.24, 2.45) is 0 Å². The lowest BCUT2D eigenvalue weighted by atomic mass is 10.2. The van der Waals surface area contributed by atoms with Crippen molar-refractivity contribution in [2.45, 2.75) is 45.6 Å². The van der Waals surface area contributed by atoms with Crippen LogP contribution in [0.2, 0.25) is 0 Å². The van der Waals surface area contributed by atoms with Crippen LogP contribution in [0.1, 0.15) is 39.5 Å². The third-order valence-electron chi connectivity index (χ3n) is 1.91. The van der Waals surface area contributed by atoms with Gasteiger partial charge in [0.05, 0.1) is 13.0 Å². The summed E-state index contributed by atoms with van der Waals surface area (Å²) in [6.07, 6.45) is 2.70. The van der Waals surface area contributed by atoms with E-state index in [0.29, 0.717) is 11.9 Å². The van der Waals surface area contributed by atoms with Gasteiger partial charge in [-0.1, -0.05) is 35.7 Å². The normalized spacial score (nSPS) is 11.9. The average Bonchev–Trinajstić information content (AvgIpc) is 2.23. The molecular weight excluding hydrogens is 276 g/mol. The van der Waals surface area contributed by atoms with Crippen molar-refractivity contribution in [2.75, 3.05) is 11.9 Å². The van der Waals surface area contributed by atoms with E-state index in [9.17, 15) is 9.59 Å². The number of esters is 2. The Morgan fingerprint density at radius 1 is 1.31 bits per heavy atom. The summed E-state index contributed by atoms with van der Waals surface area (Å²) in [6.45, 7) is 3.85. The van der Waals surface area contributed by atoms with Gasteiger partial charge in [0, 0.05) is 12.3 Å². The quantitative estimate of drug-likeness (QED) is 0.392. The second-order valence-corrected chi connectivity index (χ2v) is 4.16. The summed E-state index contributed by atoms with van der Waals surface area (Å²) in [5, 5.41) is 0.441. The predicted octanol–water partition coefficient (Wildman–Crippen LogP) is 2.44. The summed E-state index contributed by atoms with van der Waals surface area (Å²) in [4.78, 5) is 22.0. The van der Waals surface area contributed by atoms with Crippen LogP contribution in [0.4, 0.5) is 0 Å². The van der Waals surface area contributed by atoms with Crippen molar-refractivity contribution in [1.82, 2.24) is 0 Å². The fourth-order valence-corrected chi connectivity index (χ4v) is 1.51. The monoisotopic (exact) mass is 294 g/mol. The summed E-state index contributed by atoms with van der Waals surface area (Å²) in [6, 6.07) is 0. The number of hydrogen-bond acceptors (Lipinski definition) is 4. The Hall–Kier alpha value is -0.580. The van der Waals surface area contributed by atoms with Gasteiger partial charge in [0.15, 0.2) is 0 Å². The number of carbonyl (C=O) groups excluding carboxylic acids is 2. The van der Waals surface area contributed by atoms with Crippen LogP contribution in [0.3, 0.4) is 0 Å². The fourth-order valence-electron chi connectivity index (χ4n) is 1.15. The summed E-state index contributed by atoms with van der Waals surface area (Å²) >= 11 is 3.18. The van der Waals surface area contributed by atoms with Crippen LogP contribution in [-0.4, -0.2) is 30.0 Å². The standard InChI is InChI=1S/C11H19BrO4/c1-3-4-5-6-15-11(14)7-10(8-12)16-9(2)13/h10H,3-8H2,1-2H3. The summed E-state index contributed by atoms with van der Waals surface area (Å²) < 4.78 is 9.92. The minimum atomic E-state index is -0.434. The Labute approximate surface area is 105 Å². The van der Waals surface area contributed by atoms with Crippen LogP contribution in [0.25, 0.3) is 0 Å². The van der Waals surface area contributed by atoms with Gasteiger partial charge in [-0.05, 0) is 6.42 Å². The van der Waals surface area contributed by atoms with E-state index in [2.05, 4.69) is 22.9 Å². The molecule has 0 aliphatic heterocycles. The molecule has 0 saturated carbocycles. The van der Waals surface area contributed by atoms with E-state index in [1.165, 1.54) is 6.92 Å². The first-order chi connectivity index (χ1) is 7.60. The number of halogens is 1. The first-order valence-corrected chi connectivity index (χ1v) is 6.61. The largest absolute Gasteiger partial charge is 0.466 e. The van der Waals surface area contributed by atoms with E-state index in [-0.39, 0.29) is 18.4 Å². The van der Waals surface area contributed by atoms with Crippen molar-refractivity contribution in [3.8, 4) is 0 Å². The minimum Gasteiger partial charge on any atom is -0.466 e. The van der Waals surface area contributed by atoms with Crippen LogP contribution in [0, 0.1) is 0 Å². The molecule has 0 saturated heterocycles. The predicted molar refractivity (Wildman–Crippen MR) is 64.4 cm³/mol. The molecule has 0 N–H and O–H groups in total. The summed E-state index contributed by atoms with van der Waals surface area (Å²) in [5.41, 5.74) is 0. The first kappa shape index (κ1) is 15.4. The molecule has 1 unspecified atom stereocenters. The second kappa shape index (κ2) is 9.63. The topological polar surface area (TPSA) is 52.6 Å². The van der Waals surface area contributed by atoms with Crippen molar-refractivity contribution in [1.29, 1.82) is 0 Å². The summed E-state index contributed by atoms with van der Waals surface area (Å²) in [5.74, 6) is -0.704. The number of unbranched alkanes of at least 4 members (excludes halogenated alkanes) is 2. The van der Waals surface area contributed by atoms with Crippen LogP contribution in [0.15, 0.2) is 0 Å².